The van der Waals surface area contributed by atoms with Crippen LogP contribution in [0.1, 0.15) is 50.5 Å². The highest BCUT2D eigenvalue weighted by Crippen LogP contribution is 2.28. The molecular weight excluding hydrogens is 258 g/mol. The second-order valence-corrected chi connectivity index (χ2v) is 6.63. The maximum Gasteiger partial charge on any atom is 0.0600 e. The van der Waals surface area contributed by atoms with Crippen molar-refractivity contribution in [3.63, 3.8) is 0 Å². The van der Waals surface area contributed by atoms with Gasteiger partial charge in [0.25, 0.3) is 0 Å². The highest BCUT2D eigenvalue weighted by atomic mass is 15.1. The minimum Gasteiger partial charge on any atom is -0.397 e. The third-order valence-electron chi connectivity index (χ3n) is 4.97. The summed E-state index contributed by atoms with van der Waals surface area (Å²) >= 11 is 0. The summed E-state index contributed by atoms with van der Waals surface area (Å²) in [5.74, 6) is 0. The molecule has 1 heterocycles. The zero-order valence-corrected chi connectivity index (χ0v) is 13.1. The summed E-state index contributed by atoms with van der Waals surface area (Å²) in [5.41, 5.74) is 9.82. The highest BCUT2D eigenvalue weighted by molar-refractivity contribution is 5.68. The standard InChI is InChI=1S/C18H29N3/c19-17-14-15(6-5-11-20-16-7-1-2-8-16)9-10-18(17)21-12-3-4-13-21/h9-10,14,16,20H,1-8,11-13,19H2. The fourth-order valence-corrected chi connectivity index (χ4v) is 3.73. The van der Waals surface area contributed by atoms with Gasteiger partial charge in [-0.15, -0.1) is 0 Å². The molecule has 1 saturated carbocycles. The topological polar surface area (TPSA) is 41.3 Å². The number of hydrogen-bond acceptors (Lipinski definition) is 3. The largest absolute Gasteiger partial charge is 0.397 e. The number of rotatable bonds is 6. The second-order valence-electron chi connectivity index (χ2n) is 6.63. The fraction of sp³-hybridized carbons (Fsp3) is 0.667. The molecule has 0 unspecified atom stereocenters. The van der Waals surface area contributed by atoms with Gasteiger partial charge in [0.2, 0.25) is 0 Å². The van der Waals surface area contributed by atoms with Crippen molar-refractivity contribution < 1.29 is 0 Å². The molecule has 0 radical (unpaired) electrons. The Morgan fingerprint density at radius 2 is 1.86 bits per heavy atom. The lowest BCUT2D eigenvalue weighted by Crippen LogP contribution is -2.27. The van der Waals surface area contributed by atoms with Gasteiger partial charge in [-0.2, -0.15) is 0 Å². The first-order valence-electron chi connectivity index (χ1n) is 8.70. The maximum absolute atomic E-state index is 6.25. The van der Waals surface area contributed by atoms with Gasteiger partial charge in [0, 0.05) is 19.1 Å². The quantitative estimate of drug-likeness (QED) is 0.623. The van der Waals surface area contributed by atoms with E-state index in [1.54, 1.807) is 0 Å². The molecule has 1 aliphatic heterocycles. The molecule has 3 N–H and O–H groups in total. The summed E-state index contributed by atoms with van der Waals surface area (Å²) in [6, 6.07) is 7.45. The minimum absolute atomic E-state index is 0.785. The van der Waals surface area contributed by atoms with Gasteiger partial charge in [0.05, 0.1) is 11.4 Å². The molecule has 3 nitrogen and oxygen atoms in total. The molecule has 116 valence electrons. The van der Waals surface area contributed by atoms with E-state index in [1.165, 1.54) is 56.2 Å². The number of nitrogens with two attached hydrogens (primary N) is 1. The molecule has 0 spiro atoms. The number of hydrogen-bond donors (Lipinski definition) is 2. The van der Waals surface area contributed by atoms with Crippen LogP contribution >= 0.6 is 0 Å². The zero-order valence-electron chi connectivity index (χ0n) is 13.1. The number of nitrogens with one attached hydrogen (secondary N) is 1. The van der Waals surface area contributed by atoms with E-state index >= 15 is 0 Å². The summed E-state index contributed by atoms with van der Waals surface area (Å²) in [7, 11) is 0. The SMILES string of the molecule is Nc1cc(CCCNC2CCCC2)ccc1N1CCCC1. The Morgan fingerprint density at radius 1 is 1.10 bits per heavy atom. The van der Waals surface area contributed by atoms with Gasteiger partial charge in [-0.3, -0.25) is 0 Å². The van der Waals surface area contributed by atoms with Gasteiger partial charge in [0.15, 0.2) is 0 Å². The molecule has 3 rings (SSSR count). The van der Waals surface area contributed by atoms with Crippen LogP contribution < -0.4 is 16.0 Å². The molecule has 0 amide bonds. The van der Waals surface area contributed by atoms with Crippen LogP contribution in [0.3, 0.4) is 0 Å². The molecule has 1 saturated heterocycles. The van der Waals surface area contributed by atoms with E-state index < -0.39 is 0 Å². The first kappa shape index (κ1) is 14.7. The molecule has 0 bridgehead atoms. The zero-order chi connectivity index (χ0) is 14.5. The van der Waals surface area contributed by atoms with E-state index in [1.807, 2.05) is 0 Å². The van der Waals surface area contributed by atoms with Gasteiger partial charge < -0.3 is 16.0 Å². The van der Waals surface area contributed by atoms with Crippen LogP contribution in [0.2, 0.25) is 0 Å². The third kappa shape index (κ3) is 3.91. The first-order chi connectivity index (χ1) is 10.3. The number of aryl methyl sites for hydroxylation is 1. The third-order valence-corrected chi connectivity index (χ3v) is 4.97. The summed E-state index contributed by atoms with van der Waals surface area (Å²) in [5, 5.41) is 3.68. The van der Waals surface area contributed by atoms with E-state index in [2.05, 4.69) is 28.4 Å². The molecule has 2 fully saturated rings. The van der Waals surface area contributed by atoms with Crippen LogP contribution in [0.25, 0.3) is 0 Å². The first-order valence-corrected chi connectivity index (χ1v) is 8.70. The Kier molecular flexibility index (Phi) is 5.02. The van der Waals surface area contributed by atoms with Crippen molar-refractivity contribution in [2.45, 2.75) is 57.4 Å². The maximum atomic E-state index is 6.25. The Morgan fingerprint density at radius 3 is 2.57 bits per heavy atom. The van der Waals surface area contributed by atoms with Crippen molar-refractivity contribution in [1.82, 2.24) is 5.32 Å². The average Bonchev–Trinajstić information content (AvgIpc) is 3.17. The average molecular weight is 287 g/mol. The molecule has 1 aliphatic carbocycles. The van der Waals surface area contributed by atoms with Crippen molar-refractivity contribution in [3.05, 3.63) is 23.8 Å². The molecule has 1 aromatic rings. The summed E-state index contributed by atoms with van der Waals surface area (Å²) in [6.45, 7) is 3.46. The second kappa shape index (κ2) is 7.17. The van der Waals surface area contributed by atoms with Crippen LogP contribution in [0, 0.1) is 0 Å². The summed E-state index contributed by atoms with van der Waals surface area (Å²) in [4.78, 5) is 2.42. The van der Waals surface area contributed by atoms with Crippen LogP contribution in [0.5, 0.6) is 0 Å². The lowest BCUT2D eigenvalue weighted by molar-refractivity contribution is 0.515. The van der Waals surface area contributed by atoms with Gasteiger partial charge in [-0.25, -0.2) is 0 Å². The Bertz CT molecular complexity index is 446. The van der Waals surface area contributed by atoms with E-state index in [4.69, 9.17) is 5.73 Å². The normalized spacial score (nSPS) is 19.5. The van der Waals surface area contributed by atoms with Gasteiger partial charge in [-0.1, -0.05) is 18.9 Å². The molecule has 1 aromatic carbocycles. The van der Waals surface area contributed by atoms with Crippen molar-refractivity contribution in [2.75, 3.05) is 30.3 Å². The minimum atomic E-state index is 0.785. The Labute approximate surface area is 128 Å². The molecule has 3 heteroatoms. The van der Waals surface area contributed by atoms with Crippen LogP contribution in [0.15, 0.2) is 18.2 Å². The van der Waals surface area contributed by atoms with E-state index in [0.29, 0.717) is 0 Å². The summed E-state index contributed by atoms with van der Waals surface area (Å²) in [6.07, 6.45) is 10.5. The molecular formula is C18H29N3. The number of nitrogens with zero attached hydrogens (tertiary/aromatic N) is 1. The Balaban J connectivity index is 1.46. The number of anilines is 2. The van der Waals surface area contributed by atoms with Crippen LogP contribution in [-0.4, -0.2) is 25.7 Å². The highest BCUT2D eigenvalue weighted by Gasteiger charge is 2.15. The van der Waals surface area contributed by atoms with Gasteiger partial charge in [0.1, 0.15) is 0 Å². The lowest BCUT2D eigenvalue weighted by atomic mass is 10.1. The van der Waals surface area contributed by atoms with E-state index in [0.717, 1.165) is 37.8 Å². The van der Waals surface area contributed by atoms with E-state index in [-0.39, 0.29) is 0 Å². The smallest absolute Gasteiger partial charge is 0.0600 e. The predicted octanol–water partition coefficient (Wildman–Crippen LogP) is 3.33. The molecule has 21 heavy (non-hydrogen) atoms. The van der Waals surface area contributed by atoms with Gasteiger partial charge in [-0.05, 0) is 62.8 Å². The Hall–Kier alpha value is -1.22. The van der Waals surface area contributed by atoms with Crippen molar-refractivity contribution in [2.24, 2.45) is 0 Å². The molecule has 2 aliphatic rings. The van der Waals surface area contributed by atoms with Gasteiger partial charge >= 0.3 is 0 Å². The van der Waals surface area contributed by atoms with Crippen LogP contribution in [-0.2, 0) is 6.42 Å². The predicted molar refractivity (Wildman–Crippen MR) is 90.9 cm³/mol. The molecule has 0 aromatic heterocycles. The van der Waals surface area contributed by atoms with Crippen molar-refractivity contribution >= 4 is 11.4 Å². The molecule has 0 atom stereocenters. The number of benzene rings is 1. The number of nitrogen functional groups attached to an aromatic ring is 1. The fourth-order valence-electron chi connectivity index (χ4n) is 3.73. The van der Waals surface area contributed by atoms with Crippen molar-refractivity contribution in [1.29, 1.82) is 0 Å². The van der Waals surface area contributed by atoms with E-state index in [9.17, 15) is 0 Å². The lowest BCUT2D eigenvalue weighted by Gasteiger charge is -2.20. The monoisotopic (exact) mass is 287 g/mol. The summed E-state index contributed by atoms with van der Waals surface area (Å²) < 4.78 is 0. The van der Waals surface area contributed by atoms with Crippen LogP contribution in [0.4, 0.5) is 11.4 Å². The van der Waals surface area contributed by atoms with Crippen molar-refractivity contribution in [3.8, 4) is 0 Å².